The predicted molar refractivity (Wildman–Crippen MR) is 156 cm³/mol. The number of fused-ring (bicyclic) bond motifs is 1. The van der Waals surface area contributed by atoms with Crippen molar-refractivity contribution in [3.8, 4) is 34.3 Å². The van der Waals surface area contributed by atoms with Gasteiger partial charge in [-0.05, 0) is 50.7 Å². The minimum atomic E-state index is -0.592. The summed E-state index contributed by atoms with van der Waals surface area (Å²) >= 11 is 0. The fraction of sp³-hybridized carbons (Fsp3) is 0.194. The summed E-state index contributed by atoms with van der Waals surface area (Å²) in [5.41, 5.74) is 4.54. The summed E-state index contributed by atoms with van der Waals surface area (Å²) in [6, 6.07) is 24.7. The van der Waals surface area contributed by atoms with Gasteiger partial charge in [0.2, 0.25) is 0 Å². The normalized spacial score (nSPS) is 11.6. The summed E-state index contributed by atoms with van der Waals surface area (Å²) in [5, 5.41) is 33.4. The lowest BCUT2D eigenvalue weighted by atomic mass is 9.92. The van der Waals surface area contributed by atoms with E-state index in [-0.39, 0.29) is 22.7 Å². The Morgan fingerprint density at radius 3 is 2.36 bits per heavy atom. The number of hydrogen-bond donors (Lipinski definition) is 2. The molecule has 0 unspecified atom stereocenters. The molecule has 0 amide bonds. The van der Waals surface area contributed by atoms with Crippen LogP contribution in [0.4, 0.5) is 0 Å². The molecule has 0 radical (unpaired) electrons. The molecule has 6 aromatic rings. The highest BCUT2D eigenvalue weighted by Gasteiger charge is 2.25. The zero-order chi connectivity index (χ0) is 29.3. The molecule has 0 aliphatic heterocycles. The number of carbonyl (C=O) groups is 1. The van der Waals surface area contributed by atoms with E-state index in [2.05, 4.69) is 51.6 Å². The summed E-state index contributed by atoms with van der Waals surface area (Å²) in [5.74, 6) is 0.251. The number of imidazole rings is 1. The zero-order valence-electron chi connectivity index (χ0n) is 23.3. The molecule has 6 rings (SSSR count). The molecule has 210 valence electrons. The second-order valence-electron chi connectivity index (χ2n) is 11.1. The van der Waals surface area contributed by atoms with Crippen LogP contribution in [-0.2, 0) is 13.0 Å². The Morgan fingerprint density at radius 1 is 0.929 bits per heavy atom. The van der Waals surface area contributed by atoms with Crippen LogP contribution in [0.15, 0.2) is 78.9 Å². The maximum absolute atomic E-state index is 12.8. The Labute approximate surface area is 241 Å². The number of tetrazole rings is 1. The van der Waals surface area contributed by atoms with Gasteiger partial charge in [0.05, 0.1) is 5.56 Å². The van der Waals surface area contributed by atoms with Crippen LogP contribution in [0.3, 0.4) is 0 Å². The molecule has 0 bridgehead atoms. The highest BCUT2D eigenvalue weighted by molar-refractivity contribution is 5.93. The highest BCUT2D eigenvalue weighted by Crippen LogP contribution is 2.35. The molecule has 11 heteroatoms. The lowest BCUT2D eigenvalue weighted by molar-refractivity contribution is 0.0727. The van der Waals surface area contributed by atoms with Gasteiger partial charge >= 0.3 is 5.97 Å². The van der Waals surface area contributed by atoms with Crippen molar-refractivity contribution in [2.45, 2.75) is 33.7 Å². The number of H-pyrrole nitrogens is 1. The third kappa shape index (κ3) is 5.44. The first-order valence-corrected chi connectivity index (χ1v) is 13.4. The van der Waals surface area contributed by atoms with Crippen molar-refractivity contribution in [3.05, 3.63) is 95.8 Å². The second kappa shape index (κ2) is 10.8. The fourth-order valence-corrected chi connectivity index (χ4v) is 4.84. The van der Waals surface area contributed by atoms with Crippen molar-refractivity contribution < 1.29 is 14.6 Å². The van der Waals surface area contributed by atoms with Gasteiger partial charge in [-0.1, -0.05) is 81.4 Å². The number of aromatic amines is 1. The third-order valence-corrected chi connectivity index (χ3v) is 6.69. The van der Waals surface area contributed by atoms with Gasteiger partial charge in [0.1, 0.15) is 11.3 Å². The van der Waals surface area contributed by atoms with Crippen LogP contribution in [0.25, 0.3) is 33.5 Å². The number of hydrogen-bond acceptors (Lipinski definition) is 9. The molecular weight excluding hydrogens is 532 g/mol. The van der Waals surface area contributed by atoms with Crippen molar-refractivity contribution in [3.63, 3.8) is 0 Å². The average molecular weight is 561 g/mol. The number of benzene rings is 3. The molecule has 0 saturated heterocycles. The number of aromatic nitrogens is 8. The Bertz CT molecular complexity index is 1860. The molecule has 0 aliphatic rings. The Kier molecular flexibility index (Phi) is 6.91. The van der Waals surface area contributed by atoms with Gasteiger partial charge in [-0.2, -0.15) is 0 Å². The van der Waals surface area contributed by atoms with Gasteiger partial charge in [-0.3, -0.25) is 0 Å². The minimum Gasteiger partial charge on any atom is -0.491 e. The first kappa shape index (κ1) is 26.8. The fourth-order valence-electron chi connectivity index (χ4n) is 4.84. The van der Waals surface area contributed by atoms with E-state index in [9.17, 15) is 9.90 Å². The SMILES string of the molecule is CC(C)(C)Cc1nc2c(OC(=O)c3ccccc3)nnc(O)c2n1Cc1ccc(-c2ccccc2)c(-c2nnn[nH]2)c1. The molecule has 3 aromatic carbocycles. The molecule has 42 heavy (non-hydrogen) atoms. The first-order chi connectivity index (χ1) is 20.3. The summed E-state index contributed by atoms with van der Waals surface area (Å²) in [6.45, 7) is 6.66. The number of nitrogens with one attached hydrogen (secondary N) is 1. The van der Waals surface area contributed by atoms with E-state index in [1.165, 1.54) is 0 Å². The van der Waals surface area contributed by atoms with Crippen LogP contribution in [0.1, 0.15) is 42.5 Å². The average Bonchev–Trinajstić information content (AvgIpc) is 3.64. The number of rotatable bonds is 7. The molecule has 0 saturated carbocycles. The van der Waals surface area contributed by atoms with Crippen LogP contribution in [0.2, 0.25) is 0 Å². The van der Waals surface area contributed by atoms with Crippen molar-refractivity contribution in [1.82, 2.24) is 40.4 Å². The van der Waals surface area contributed by atoms with Crippen molar-refractivity contribution >= 4 is 17.0 Å². The Hall–Kier alpha value is -5.45. The number of carbonyl (C=O) groups excluding carboxylic acids is 1. The zero-order valence-corrected chi connectivity index (χ0v) is 23.3. The summed E-state index contributed by atoms with van der Waals surface area (Å²) in [7, 11) is 0. The standard InChI is InChI=1S/C31H28N8O3/c1-31(2,3)17-24-32-25-26(28(40)35-36-29(25)42-30(41)21-12-8-5-9-13-21)39(24)18-19-14-15-22(20-10-6-4-7-11-20)23(16-19)27-33-37-38-34-27/h4-16H,17-18H2,1-3H3,(H,35,40)(H,33,34,37,38). The molecule has 0 fully saturated rings. The van der Waals surface area contributed by atoms with Crippen molar-refractivity contribution in [2.75, 3.05) is 0 Å². The molecule has 2 N–H and O–H groups in total. The van der Waals surface area contributed by atoms with Crippen LogP contribution < -0.4 is 4.74 Å². The molecule has 11 nitrogen and oxygen atoms in total. The largest absolute Gasteiger partial charge is 0.491 e. The lowest BCUT2D eigenvalue weighted by Gasteiger charge is -2.19. The first-order valence-electron chi connectivity index (χ1n) is 13.4. The molecule has 3 aromatic heterocycles. The molecule has 3 heterocycles. The van der Waals surface area contributed by atoms with Crippen molar-refractivity contribution in [1.29, 1.82) is 0 Å². The van der Waals surface area contributed by atoms with Crippen LogP contribution in [0.5, 0.6) is 11.8 Å². The van der Waals surface area contributed by atoms with E-state index in [4.69, 9.17) is 9.72 Å². The second-order valence-corrected chi connectivity index (χ2v) is 11.1. The van der Waals surface area contributed by atoms with E-state index in [1.807, 2.05) is 59.2 Å². The quantitative estimate of drug-likeness (QED) is 0.251. The molecule has 0 aliphatic carbocycles. The van der Waals surface area contributed by atoms with Crippen molar-refractivity contribution in [2.24, 2.45) is 5.41 Å². The molecular formula is C31H28N8O3. The monoisotopic (exact) mass is 560 g/mol. The lowest BCUT2D eigenvalue weighted by Crippen LogP contribution is -2.15. The number of ether oxygens (including phenoxy) is 1. The van der Waals surface area contributed by atoms with Gasteiger partial charge in [0.25, 0.3) is 11.8 Å². The molecule has 0 spiro atoms. The van der Waals surface area contributed by atoms with E-state index in [0.717, 1.165) is 22.3 Å². The van der Waals surface area contributed by atoms with E-state index < -0.39 is 5.97 Å². The summed E-state index contributed by atoms with van der Waals surface area (Å²) in [4.78, 5) is 17.7. The number of nitrogens with zero attached hydrogens (tertiary/aromatic N) is 7. The van der Waals surface area contributed by atoms with Gasteiger partial charge in [-0.25, -0.2) is 14.9 Å². The van der Waals surface area contributed by atoms with Crippen LogP contribution in [0, 0.1) is 5.41 Å². The highest BCUT2D eigenvalue weighted by atomic mass is 16.5. The predicted octanol–water partition coefficient (Wildman–Crippen LogP) is 5.24. The van der Waals surface area contributed by atoms with E-state index >= 15 is 0 Å². The van der Waals surface area contributed by atoms with Crippen LogP contribution >= 0.6 is 0 Å². The summed E-state index contributed by atoms with van der Waals surface area (Å²) in [6.07, 6.45) is 0.578. The topological polar surface area (TPSA) is 145 Å². The maximum atomic E-state index is 12.8. The molecule has 0 atom stereocenters. The minimum absolute atomic E-state index is 0.0709. The van der Waals surface area contributed by atoms with E-state index in [0.29, 0.717) is 35.7 Å². The van der Waals surface area contributed by atoms with Crippen LogP contribution in [-0.4, -0.2) is 51.4 Å². The van der Waals surface area contributed by atoms with Gasteiger partial charge in [0, 0.05) is 18.5 Å². The number of aromatic hydroxyl groups is 1. The van der Waals surface area contributed by atoms with Gasteiger partial charge < -0.3 is 14.4 Å². The van der Waals surface area contributed by atoms with Gasteiger partial charge in [0.15, 0.2) is 11.3 Å². The Balaban J connectivity index is 1.46. The smallest absolute Gasteiger partial charge is 0.344 e. The maximum Gasteiger partial charge on any atom is 0.344 e. The third-order valence-electron chi connectivity index (χ3n) is 6.69. The summed E-state index contributed by atoms with van der Waals surface area (Å²) < 4.78 is 7.52. The van der Waals surface area contributed by atoms with E-state index in [1.54, 1.807) is 24.3 Å². The number of esters is 1. The Morgan fingerprint density at radius 2 is 1.67 bits per heavy atom. The van der Waals surface area contributed by atoms with Gasteiger partial charge in [-0.15, -0.1) is 15.3 Å².